The van der Waals surface area contributed by atoms with E-state index in [1.54, 1.807) is 6.20 Å². The van der Waals surface area contributed by atoms with Crippen LogP contribution in [0.1, 0.15) is 48.9 Å². The Balaban J connectivity index is 1.95. The van der Waals surface area contributed by atoms with Gasteiger partial charge in [-0.15, -0.1) is 0 Å². The first-order chi connectivity index (χ1) is 8.66. The van der Waals surface area contributed by atoms with Gasteiger partial charge in [0.05, 0.1) is 0 Å². The van der Waals surface area contributed by atoms with Crippen LogP contribution < -0.4 is 4.90 Å². The van der Waals surface area contributed by atoms with Crippen molar-refractivity contribution < 1.29 is 4.79 Å². The van der Waals surface area contributed by atoms with Crippen molar-refractivity contribution in [1.82, 2.24) is 4.98 Å². The number of nitrogens with zero attached hydrogens (tertiary/aromatic N) is 2. The van der Waals surface area contributed by atoms with Crippen LogP contribution in [0.25, 0.3) is 0 Å². The number of aromatic nitrogens is 1. The fraction of sp³-hybridized carbons (Fsp3) is 0.600. The van der Waals surface area contributed by atoms with Crippen LogP contribution in [0.2, 0.25) is 0 Å². The van der Waals surface area contributed by atoms with Crippen LogP contribution in [0.5, 0.6) is 0 Å². The minimum Gasteiger partial charge on any atom is -0.363 e. The van der Waals surface area contributed by atoms with Gasteiger partial charge in [-0.1, -0.05) is 32.1 Å². The van der Waals surface area contributed by atoms with Gasteiger partial charge < -0.3 is 4.90 Å². The number of anilines is 1. The highest BCUT2D eigenvalue weighted by Crippen LogP contribution is 2.27. The molecular formula is C15H22N2O. The Kier molecular flexibility index (Phi) is 4.34. The zero-order valence-corrected chi connectivity index (χ0v) is 11.4. The Morgan fingerprint density at radius 1 is 1.28 bits per heavy atom. The number of carbonyl (C=O) groups is 1. The molecule has 0 amide bonds. The van der Waals surface area contributed by atoms with Gasteiger partial charge in [0.2, 0.25) is 0 Å². The third-order valence-corrected chi connectivity index (χ3v) is 3.73. The second-order valence-electron chi connectivity index (χ2n) is 5.43. The smallest absolute Gasteiger partial charge is 0.164 e. The van der Waals surface area contributed by atoms with Crippen LogP contribution in [-0.2, 0) is 0 Å². The molecule has 3 heteroatoms. The standard InChI is InChI=1S/C15H22N2O/c1-17(2)15-9-8-13(11-16-15)14(18)10-12-6-4-3-5-7-12/h8-9,11-12H,3-7,10H2,1-2H3. The largest absolute Gasteiger partial charge is 0.363 e. The second-order valence-corrected chi connectivity index (χ2v) is 5.43. The number of hydrogen-bond acceptors (Lipinski definition) is 3. The van der Waals surface area contributed by atoms with E-state index in [1.807, 2.05) is 31.1 Å². The summed E-state index contributed by atoms with van der Waals surface area (Å²) in [4.78, 5) is 18.4. The van der Waals surface area contributed by atoms with Crippen molar-refractivity contribution in [2.45, 2.75) is 38.5 Å². The van der Waals surface area contributed by atoms with Crippen LogP contribution in [0.4, 0.5) is 5.82 Å². The predicted octanol–water partition coefficient (Wildman–Crippen LogP) is 3.30. The van der Waals surface area contributed by atoms with Gasteiger partial charge in [0.1, 0.15) is 5.82 Å². The molecule has 0 aliphatic heterocycles. The Labute approximate surface area is 109 Å². The summed E-state index contributed by atoms with van der Waals surface area (Å²) < 4.78 is 0. The second kappa shape index (κ2) is 5.98. The van der Waals surface area contributed by atoms with Gasteiger partial charge in [0.25, 0.3) is 0 Å². The Bertz CT molecular complexity index is 391. The van der Waals surface area contributed by atoms with Gasteiger partial charge >= 0.3 is 0 Å². The highest BCUT2D eigenvalue weighted by Gasteiger charge is 2.18. The quantitative estimate of drug-likeness (QED) is 0.764. The van der Waals surface area contributed by atoms with Crippen molar-refractivity contribution in [2.24, 2.45) is 5.92 Å². The lowest BCUT2D eigenvalue weighted by atomic mass is 9.85. The molecule has 0 radical (unpaired) electrons. The first-order valence-electron chi connectivity index (χ1n) is 6.83. The van der Waals surface area contributed by atoms with Crippen molar-refractivity contribution in [2.75, 3.05) is 19.0 Å². The highest BCUT2D eigenvalue weighted by atomic mass is 16.1. The predicted molar refractivity (Wildman–Crippen MR) is 74.1 cm³/mol. The fourth-order valence-corrected chi connectivity index (χ4v) is 2.59. The van der Waals surface area contributed by atoms with E-state index >= 15 is 0 Å². The Morgan fingerprint density at radius 3 is 2.56 bits per heavy atom. The van der Waals surface area contributed by atoms with Gasteiger partial charge in [0, 0.05) is 32.3 Å². The lowest BCUT2D eigenvalue weighted by Gasteiger charge is -2.20. The molecule has 18 heavy (non-hydrogen) atoms. The van der Waals surface area contributed by atoms with Crippen LogP contribution in [0.15, 0.2) is 18.3 Å². The maximum atomic E-state index is 12.1. The minimum atomic E-state index is 0.250. The molecule has 1 saturated carbocycles. The SMILES string of the molecule is CN(C)c1ccc(C(=O)CC2CCCCC2)cn1. The van der Waals surface area contributed by atoms with Crippen molar-refractivity contribution in [1.29, 1.82) is 0 Å². The molecule has 1 fully saturated rings. The summed E-state index contributed by atoms with van der Waals surface area (Å²) in [5.74, 6) is 1.74. The lowest BCUT2D eigenvalue weighted by molar-refractivity contribution is 0.0950. The number of pyridine rings is 1. The number of hydrogen-bond donors (Lipinski definition) is 0. The van der Waals surface area contributed by atoms with Crippen molar-refractivity contribution in [3.8, 4) is 0 Å². The Hall–Kier alpha value is -1.38. The highest BCUT2D eigenvalue weighted by molar-refractivity contribution is 5.96. The fourth-order valence-electron chi connectivity index (χ4n) is 2.59. The molecule has 0 atom stereocenters. The first-order valence-corrected chi connectivity index (χ1v) is 6.83. The maximum absolute atomic E-state index is 12.1. The normalized spacial score (nSPS) is 16.6. The van der Waals surface area contributed by atoms with Crippen LogP contribution >= 0.6 is 0 Å². The van der Waals surface area contributed by atoms with Crippen molar-refractivity contribution >= 4 is 11.6 Å². The van der Waals surface area contributed by atoms with Gasteiger partial charge in [-0.2, -0.15) is 0 Å². The molecule has 1 aromatic rings. The van der Waals surface area contributed by atoms with Crippen LogP contribution in [-0.4, -0.2) is 24.9 Å². The van der Waals surface area contributed by atoms with E-state index in [1.165, 1.54) is 32.1 Å². The third-order valence-electron chi connectivity index (χ3n) is 3.73. The number of rotatable bonds is 4. The first kappa shape index (κ1) is 13.1. The van der Waals surface area contributed by atoms with Gasteiger partial charge in [-0.3, -0.25) is 4.79 Å². The summed E-state index contributed by atoms with van der Waals surface area (Å²) in [7, 11) is 3.90. The molecule has 1 heterocycles. The minimum absolute atomic E-state index is 0.250. The average Bonchev–Trinajstić information content (AvgIpc) is 2.40. The lowest BCUT2D eigenvalue weighted by Crippen LogP contribution is -2.14. The van der Waals surface area contributed by atoms with Gasteiger partial charge in [-0.25, -0.2) is 4.98 Å². The molecule has 0 saturated heterocycles. The molecule has 0 spiro atoms. The molecule has 0 unspecified atom stereocenters. The van der Waals surface area contributed by atoms with E-state index < -0.39 is 0 Å². The molecular weight excluding hydrogens is 224 g/mol. The molecule has 1 aliphatic rings. The van der Waals surface area contributed by atoms with Gasteiger partial charge in [-0.05, 0) is 18.1 Å². The molecule has 0 N–H and O–H groups in total. The van der Waals surface area contributed by atoms with Crippen LogP contribution in [0.3, 0.4) is 0 Å². The zero-order chi connectivity index (χ0) is 13.0. The summed E-state index contributed by atoms with van der Waals surface area (Å²) in [6, 6.07) is 3.81. The number of carbonyl (C=O) groups excluding carboxylic acids is 1. The summed E-state index contributed by atoms with van der Waals surface area (Å²) in [5, 5.41) is 0. The topological polar surface area (TPSA) is 33.2 Å². The van der Waals surface area contributed by atoms with Crippen molar-refractivity contribution in [3.05, 3.63) is 23.9 Å². The van der Waals surface area contributed by atoms with E-state index in [4.69, 9.17) is 0 Å². The van der Waals surface area contributed by atoms with Crippen molar-refractivity contribution in [3.63, 3.8) is 0 Å². The zero-order valence-electron chi connectivity index (χ0n) is 11.4. The summed E-state index contributed by atoms with van der Waals surface area (Å²) >= 11 is 0. The van der Waals surface area contributed by atoms with E-state index in [0.29, 0.717) is 12.3 Å². The molecule has 1 aliphatic carbocycles. The summed E-state index contributed by atoms with van der Waals surface area (Å²) in [6.07, 6.45) is 8.75. The molecule has 3 nitrogen and oxygen atoms in total. The van der Waals surface area contributed by atoms with E-state index in [-0.39, 0.29) is 5.78 Å². The van der Waals surface area contributed by atoms with E-state index in [2.05, 4.69) is 4.98 Å². The Morgan fingerprint density at radius 2 is 2.00 bits per heavy atom. The van der Waals surface area contributed by atoms with Crippen LogP contribution in [0, 0.1) is 5.92 Å². The number of Topliss-reactive ketones (excluding diaryl/α,β-unsaturated/α-hetero) is 1. The summed E-state index contributed by atoms with van der Waals surface area (Å²) in [6.45, 7) is 0. The molecule has 0 bridgehead atoms. The van der Waals surface area contributed by atoms with Gasteiger partial charge in [0.15, 0.2) is 5.78 Å². The molecule has 0 aromatic carbocycles. The maximum Gasteiger partial charge on any atom is 0.164 e. The molecule has 2 rings (SSSR count). The average molecular weight is 246 g/mol. The molecule has 1 aromatic heterocycles. The monoisotopic (exact) mass is 246 g/mol. The number of ketones is 1. The van der Waals surface area contributed by atoms with E-state index in [0.717, 1.165) is 11.4 Å². The summed E-state index contributed by atoms with van der Waals surface area (Å²) in [5.41, 5.74) is 0.756. The van der Waals surface area contributed by atoms with E-state index in [9.17, 15) is 4.79 Å². The third kappa shape index (κ3) is 3.31. The molecule has 98 valence electrons.